The summed E-state index contributed by atoms with van der Waals surface area (Å²) in [6, 6.07) is 16.9. The number of hydrogen-bond acceptors (Lipinski definition) is 3. The van der Waals surface area contributed by atoms with Crippen LogP contribution in [-0.4, -0.2) is 26.6 Å². The van der Waals surface area contributed by atoms with Gasteiger partial charge in [0.2, 0.25) is 0 Å². The molecular weight excluding hydrogens is 307 g/mol. The molecule has 2 aromatic carbocycles. The van der Waals surface area contributed by atoms with Crippen LogP contribution in [0.2, 0.25) is 5.82 Å². The molecule has 0 saturated carbocycles. The van der Waals surface area contributed by atoms with Crippen molar-refractivity contribution in [3.8, 4) is 0 Å². The number of nitrogen functional groups attached to an aromatic ring is 1. The third-order valence-electron chi connectivity index (χ3n) is 4.17. The van der Waals surface area contributed by atoms with E-state index in [1.165, 1.54) is 11.3 Å². The molecule has 0 bridgehead atoms. The monoisotopic (exact) mass is 338 g/mol. The summed E-state index contributed by atoms with van der Waals surface area (Å²) in [6.07, 6.45) is 0. The summed E-state index contributed by atoms with van der Waals surface area (Å²) in [5, 5.41) is 0. The van der Waals surface area contributed by atoms with Gasteiger partial charge in [-0.2, -0.15) is 0 Å². The highest BCUT2D eigenvalue weighted by molar-refractivity contribution is 6.12. The van der Waals surface area contributed by atoms with Gasteiger partial charge in [0.1, 0.15) is 7.85 Å². The third-order valence-corrected chi connectivity index (χ3v) is 4.17. The lowest BCUT2D eigenvalue weighted by atomic mass is 9.87. The van der Waals surface area contributed by atoms with Crippen molar-refractivity contribution >= 4 is 19.2 Å². The van der Waals surface area contributed by atoms with Crippen LogP contribution >= 0.6 is 0 Å². The second kappa shape index (κ2) is 8.44. The fraction of sp³-hybridized carbons (Fsp3) is 0.429. The van der Waals surface area contributed by atoms with Crippen LogP contribution in [0, 0.1) is 6.92 Å². The number of benzene rings is 2. The van der Waals surface area contributed by atoms with Crippen LogP contribution in [0.15, 0.2) is 48.5 Å². The molecule has 2 N–H and O–H groups in total. The summed E-state index contributed by atoms with van der Waals surface area (Å²) in [5.41, 5.74) is 10.4. The molecule has 4 heteroatoms. The number of anilines is 2. The molecule has 0 amide bonds. The molecule has 2 aromatic rings. The molecule has 0 aliphatic carbocycles. The molecule has 0 heterocycles. The number of hydrogen-bond donors (Lipinski definition) is 1. The normalized spacial score (nSPS) is 12.8. The average Bonchev–Trinajstić information content (AvgIpc) is 2.55. The van der Waals surface area contributed by atoms with Crippen LogP contribution < -0.4 is 10.6 Å². The fourth-order valence-corrected chi connectivity index (χ4v) is 2.74. The van der Waals surface area contributed by atoms with E-state index in [1.54, 1.807) is 0 Å². The number of rotatable bonds is 7. The standard InChI is InChI=1S/C21H31BN2O/c1-16-12-19(10-11-20(16)23)24(13-17-8-6-5-7-9-17)14-18(22)15-25-21(2,3)4/h5-12,18H,13-15,22-23H2,1-4H3. The van der Waals surface area contributed by atoms with Gasteiger partial charge in [0, 0.05) is 31.1 Å². The lowest BCUT2D eigenvalue weighted by Gasteiger charge is -2.30. The van der Waals surface area contributed by atoms with E-state index >= 15 is 0 Å². The first-order chi connectivity index (χ1) is 11.7. The van der Waals surface area contributed by atoms with Crippen molar-refractivity contribution in [2.75, 3.05) is 23.8 Å². The van der Waals surface area contributed by atoms with Crippen LogP contribution in [0.5, 0.6) is 0 Å². The molecule has 134 valence electrons. The maximum Gasteiger partial charge on any atom is 0.110 e. The van der Waals surface area contributed by atoms with Gasteiger partial charge in [0.25, 0.3) is 0 Å². The van der Waals surface area contributed by atoms with E-state index in [9.17, 15) is 0 Å². The summed E-state index contributed by atoms with van der Waals surface area (Å²) in [6.45, 7) is 10.9. The van der Waals surface area contributed by atoms with E-state index in [0.717, 1.165) is 30.9 Å². The van der Waals surface area contributed by atoms with Crippen LogP contribution in [0.25, 0.3) is 0 Å². The minimum absolute atomic E-state index is 0.101. The molecule has 0 aliphatic rings. The molecule has 0 aromatic heterocycles. The zero-order valence-corrected chi connectivity index (χ0v) is 16.3. The first-order valence-electron chi connectivity index (χ1n) is 9.03. The van der Waals surface area contributed by atoms with Crippen molar-refractivity contribution in [2.24, 2.45) is 0 Å². The van der Waals surface area contributed by atoms with Gasteiger partial charge in [0.05, 0.1) is 5.60 Å². The fourth-order valence-electron chi connectivity index (χ4n) is 2.74. The van der Waals surface area contributed by atoms with E-state index in [2.05, 4.69) is 82.9 Å². The Hall–Kier alpha value is -1.94. The lowest BCUT2D eigenvalue weighted by molar-refractivity contribution is -0.00293. The molecule has 0 aliphatic heterocycles. The minimum Gasteiger partial charge on any atom is -0.399 e. The molecular formula is C21H31BN2O. The van der Waals surface area contributed by atoms with Gasteiger partial charge in [-0.15, -0.1) is 0 Å². The van der Waals surface area contributed by atoms with Crippen molar-refractivity contribution in [1.29, 1.82) is 0 Å². The predicted octanol–water partition coefficient (Wildman–Crippen LogP) is 3.82. The summed E-state index contributed by atoms with van der Waals surface area (Å²) in [4.78, 5) is 2.42. The molecule has 0 spiro atoms. The van der Waals surface area contributed by atoms with Gasteiger partial charge >= 0.3 is 0 Å². The Morgan fingerprint density at radius 3 is 2.40 bits per heavy atom. The third kappa shape index (κ3) is 6.47. The van der Waals surface area contributed by atoms with E-state index in [0.29, 0.717) is 5.82 Å². The Kier molecular flexibility index (Phi) is 6.54. The highest BCUT2D eigenvalue weighted by Gasteiger charge is 2.16. The van der Waals surface area contributed by atoms with E-state index in [-0.39, 0.29) is 5.60 Å². The summed E-state index contributed by atoms with van der Waals surface area (Å²) in [5.74, 6) is 0.431. The first-order valence-corrected chi connectivity index (χ1v) is 9.03. The maximum absolute atomic E-state index is 6.00. The first kappa shape index (κ1) is 19.4. The molecule has 25 heavy (non-hydrogen) atoms. The predicted molar refractivity (Wildman–Crippen MR) is 111 cm³/mol. The van der Waals surface area contributed by atoms with Gasteiger partial charge in [-0.05, 0) is 62.8 Å². The molecule has 3 nitrogen and oxygen atoms in total. The molecule has 0 radical (unpaired) electrons. The largest absolute Gasteiger partial charge is 0.399 e. The number of nitrogens with two attached hydrogens (primary N) is 1. The quantitative estimate of drug-likeness (QED) is 0.616. The van der Waals surface area contributed by atoms with Crippen LogP contribution in [0.3, 0.4) is 0 Å². The summed E-state index contributed by atoms with van der Waals surface area (Å²) in [7, 11) is 2.24. The van der Waals surface area contributed by atoms with Gasteiger partial charge in [-0.25, -0.2) is 0 Å². The SMILES string of the molecule is BC(COC(C)(C)C)CN(Cc1ccccc1)c1ccc(N)c(C)c1. The number of nitrogens with zero attached hydrogens (tertiary/aromatic N) is 1. The van der Waals surface area contributed by atoms with Gasteiger partial charge in [-0.3, -0.25) is 0 Å². The Morgan fingerprint density at radius 2 is 1.80 bits per heavy atom. The molecule has 0 fully saturated rings. The van der Waals surface area contributed by atoms with E-state index in [4.69, 9.17) is 10.5 Å². The minimum atomic E-state index is -0.101. The van der Waals surface area contributed by atoms with Crippen molar-refractivity contribution in [2.45, 2.75) is 45.7 Å². The second-order valence-electron chi connectivity index (χ2n) is 7.94. The zero-order chi connectivity index (χ0) is 18.4. The summed E-state index contributed by atoms with van der Waals surface area (Å²) < 4.78 is 5.97. The zero-order valence-electron chi connectivity index (χ0n) is 16.3. The van der Waals surface area contributed by atoms with Gasteiger partial charge in [0.15, 0.2) is 0 Å². The van der Waals surface area contributed by atoms with Gasteiger partial charge < -0.3 is 15.4 Å². The van der Waals surface area contributed by atoms with Crippen molar-refractivity contribution < 1.29 is 4.74 Å². The maximum atomic E-state index is 6.00. The molecule has 0 saturated heterocycles. The van der Waals surface area contributed by atoms with Crippen molar-refractivity contribution in [3.63, 3.8) is 0 Å². The molecule has 2 rings (SSSR count). The van der Waals surface area contributed by atoms with Gasteiger partial charge in [-0.1, -0.05) is 30.3 Å². The van der Waals surface area contributed by atoms with Crippen molar-refractivity contribution in [1.82, 2.24) is 0 Å². The Balaban J connectivity index is 2.15. The summed E-state index contributed by atoms with van der Waals surface area (Å²) >= 11 is 0. The Bertz CT molecular complexity index is 667. The van der Waals surface area contributed by atoms with Crippen LogP contribution in [-0.2, 0) is 11.3 Å². The molecule has 1 unspecified atom stereocenters. The van der Waals surface area contributed by atoms with E-state index in [1.807, 2.05) is 6.07 Å². The highest BCUT2D eigenvalue weighted by Crippen LogP contribution is 2.24. The van der Waals surface area contributed by atoms with Crippen LogP contribution in [0.1, 0.15) is 31.9 Å². The average molecular weight is 338 g/mol. The molecule has 1 atom stereocenters. The Labute approximate surface area is 153 Å². The van der Waals surface area contributed by atoms with Crippen LogP contribution in [0.4, 0.5) is 11.4 Å². The number of ether oxygens (including phenoxy) is 1. The number of aryl methyl sites for hydroxylation is 1. The smallest absolute Gasteiger partial charge is 0.110 e. The van der Waals surface area contributed by atoms with Crippen molar-refractivity contribution in [3.05, 3.63) is 59.7 Å². The Morgan fingerprint density at radius 1 is 1.12 bits per heavy atom. The lowest BCUT2D eigenvalue weighted by Crippen LogP contribution is -2.31. The van der Waals surface area contributed by atoms with E-state index < -0.39 is 0 Å². The second-order valence-corrected chi connectivity index (χ2v) is 7.94. The highest BCUT2D eigenvalue weighted by atomic mass is 16.5. The topological polar surface area (TPSA) is 38.5 Å².